The van der Waals surface area contributed by atoms with Gasteiger partial charge < -0.3 is 5.32 Å². The summed E-state index contributed by atoms with van der Waals surface area (Å²) in [5, 5.41) is 14.3. The molecule has 1 heterocycles. The Morgan fingerprint density at radius 1 is 1.07 bits per heavy atom. The van der Waals surface area contributed by atoms with E-state index in [-0.39, 0.29) is 24.5 Å². The van der Waals surface area contributed by atoms with Gasteiger partial charge in [-0.3, -0.25) is 9.59 Å². The number of anilines is 1. The van der Waals surface area contributed by atoms with Crippen LogP contribution in [-0.2, 0) is 4.79 Å². The lowest BCUT2D eigenvalue weighted by Gasteiger charge is -2.10. The molecule has 0 aliphatic carbocycles. The maximum absolute atomic E-state index is 12.2. The highest BCUT2D eigenvalue weighted by Gasteiger charge is 2.12. The molecule has 0 fully saturated rings. The second-order valence-corrected chi connectivity index (χ2v) is 7.03. The van der Waals surface area contributed by atoms with E-state index in [0.717, 1.165) is 15.7 Å². The van der Waals surface area contributed by atoms with Gasteiger partial charge in [0, 0.05) is 28.6 Å². The van der Waals surface area contributed by atoms with E-state index in [0.29, 0.717) is 17.1 Å². The van der Waals surface area contributed by atoms with Gasteiger partial charge >= 0.3 is 0 Å². The summed E-state index contributed by atoms with van der Waals surface area (Å²) in [7, 11) is 0. The number of tetrazole rings is 1. The Balaban J connectivity index is 1.63. The number of ketones is 1. The van der Waals surface area contributed by atoms with E-state index < -0.39 is 0 Å². The van der Waals surface area contributed by atoms with Gasteiger partial charge in [0.2, 0.25) is 5.91 Å². The van der Waals surface area contributed by atoms with Crippen LogP contribution in [-0.4, -0.2) is 31.9 Å². The van der Waals surface area contributed by atoms with Crippen molar-refractivity contribution in [3.8, 4) is 5.69 Å². The summed E-state index contributed by atoms with van der Waals surface area (Å²) in [5.74, 6) is 0.372. The van der Waals surface area contributed by atoms with Gasteiger partial charge in [0.05, 0.1) is 5.69 Å². The summed E-state index contributed by atoms with van der Waals surface area (Å²) in [6, 6.07) is 12.6. The second-order valence-electron chi connectivity index (χ2n) is 6.12. The molecule has 27 heavy (non-hydrogen) atoms. The van der Waals surface area contributed by atoms with Gasteiger partial charge in [-0.05, 0) is 54.1 Å². The molecule has 8 heteroatoms. The zero-order valence-corrected chi connectivity index (χ0v) is 16.5. The Bertz CT molecular complexity index is 982. The number of amides is 1. The fourth-order valence-electron chi connectivity index (χ4n) is 2.60. The largest absolute Gasteiger partial charge is 0.326 e. The summed E-state index contributed by atoms with van der Waals surface area (Å²) in [6.07, 6.45) is 0.264. The number of aromatic nitrogens is 4. The molecule has 3 rings (SSSR count). The smallest absolute Gasteiger partial charge is 0.224 e. The Morgan fingerprint density at radius 3 is 2.48 bits per heavy atom. The van der Waals surface area contributed by atoms with E-state index in [1.165, 1.54) is 0 Å². The average molecular weight is 428 g/mol. The molecule has 0 aliphatic heterocycles. The number of Topliss-reactive ketones (excluding diaryl/α,β-unsaturated/α-hetero) is 1. The molecule has 0 bridgehead atoms. The topological polar surface area (TPSA) is 89.8 Å². The lowest BCUT2D eigenvalue weighted by atomic mass is 10.1. The molecule has 2 aromatic carbocycles. The van der Waals surface area contributed by atoms with Crippen LogP contribution in [0.25, 0.3) is 5.69 Å². The number of halogens is 1. The lowest BCUT2D eigenvalue weighted by Crippen LogP contribution is -2.14. The number of nitrogens with zero attached hydrogens (tertiary/aromatic N) is 4. The highest BCUT2D eigenvalue weighted by atomic mass is 79.9. The minimum atomic E-state index is -0.219. The van der Waals surface area contributed by atoms with Gasteiger partial charge in [-0.1, -0.05) is 34.1 Å². The van der Waals surface area contributed by atoms with E-state index in [2.05, 4.69) is 36.8 Å². The van der Waals surface area contributed by atoms with Gasteiger partial charge in [-0.15, -0.1) is 5.10 Å². The fourth-order valence-corrected chi connectivity index (χ4v) is 2.86. The minimum Gasteiger partial charge on any atom is -0.326 e. The van der Waals surface area contributed by atoms with E-state index in [1.807, 2.05) is 37.3 Å². The number of nitrogens with one attached hydrogen (secondary N) is 1. The molecule has 0 saturated carbocycles. The summed E-state index contributed by atoms with van der Waals surface area (Å²) in [6.45, 7) is 3.75. The number of rotatable bonds is 6. The number of benzene rings is 2. The summed E-state index contributed by atoms with van der Waals surface area (Å²) >= 11 is 3.33. The van der Waals surface area contributed by atoms with E-state index in [4.69, 9.17) is 0 Å². The van der Waals surface area contributed by atoms with Crippen LogP contribution in [0.5, 0.6) is 0 Å². The zero-order valence-electron chi connectivity index (χ0n) is 14.9. The number of aryl methyl sites for hydroxylation is 2. The van der Waals surface area contributed by atoms with Crippen molar-refractivity contribution in [1.82, 2.24) is 20.2 Å². The third-order valence-corrected chi connectivity index (χ3v) is 4.62. The normalized spacial score (nSPS) is 10.6. The summed E-state index contributed by atoms with van der Waals surface area (Å²) in [5.41, 5.74) is 3.00. The van der Waals surface area contributed by atoms with E-state index >= 15 is 0 Å². The lowest BCUT2D eigenvalue weighted by molar-refractivity contribution is -0.116. The van der Waals surface area contributed by atoms with Crippen LogP contribution in [0.4, 0.5) is 5.69 Å². The van der Waals surface area contributed by atoms with Crippen LogP contribution in [0.1, 0.15) is 34.6 Å². The molecule has 1 N–H and O–H groups in total. The summed E-state index contributed by atoms with van der Waals surface area (Å²) < 4.78 is 2.52. The van der Waals surface area contributed by atoms with E-state index in [1.54, 1.807) is 23.7 Å². The molecule has 3 aromatic rings. The number of carbonyl (C=O) groups is 2. The van der Waals surface area contributed by atoms with Crippen molar-refractivity contribution in [2.24, 2.45) is 0 Å². The third kappa shape index (κ3) is 4.65. The first-order chi connectivity index (χ1) is 12.9. The van der Waals surface area contributed by atoms with Gasteiger partial charge in [0.25, 0.3) is 0 Å². The van der Waals surface area contributed by atoms with Crippen LogP contribution in [0.2, 0.25) is 0 Å². The van der Waals surface area contributed by atoms with Crippen LogP contribution < -0.4 is 5.32 Å². The zero-order chi connectivity index (χ0) is 19.4. The summed E-state index contributed by atoms with van der Waals surface area (Å²) in [4.78, 5) is 24.4. The molecule has 0 atom stereocenters. The van der Waals surface area contributed by atoms with Crippen molar-refractivity contribution in [3.05, 3.63) is 63.9 Å². The number of hydrogen-bond donors (Lipinski definition) is 1. The van der Waals surface area contributed by atoms with Crippen molar-refractivity contribution in [2.75, 3.05) is 5.32 Å². The number of carbonyl (C=O) groups excluding carboxylic acids is 2. The van der Waals surface area contributed by atoms with Crippen LogP contribution >= 0.6 is 15.9 Å². The Labute approximate surface area is 164 Å². The van der Waals surface area contributed by atoms with Crippen molar-refractivity contribution < 1.29 is 9.59 Å². The molecule has 1 aromatic heterocycles. The SMILES string of the molecule is Cc1ccc(NC(=O)CCC(=O)c2ccc(Br)cc2)cc1-n1nnnc1C. The molecule has 7 nitrogen and oxygen atoms in total. The highest BCUT2D eigenvalue weighted by Crippen LogP contribution is 2.20. The van der Waals surface area contributed by atoms with Gasteiger partial charge in [-0.25, -0.2) is 0 Å². The van der Waals surface area contributed by atoms with Crippen molar-refractivity contribution in [1.29, 1.82) is 0 Å². The van der Waals surface area contributed by atoms with Crippen LogP contribution in [0.15, 0.2) is 46.9 Å². The second kappa shape index (κ2) is 8.22. The Hall–Kier alpha value is -2.87. The van der Waals surface area contributed by atoms with Crippen LogP contribution in [0.3, 0.4) is 0 Å². The predicted molar refractivity (Wildman–Crippen MR) is 105 cm³/mol. The molecule has 0 radical (unpaired) electrons. The maximum Gasteiger partial charge on any atom is 0.224 e. The standard InChI is InChI=1S/C19H18BrN5O2/c1-12-3-8-16(11-17(12)25-13(2)22-23-24-25)21-19(27)10-9-18(26)14-4-6-15(20)7-5-14/h3-8,11H,9-10H2,1-2H3,(H,21,27). The quantitative estimate of drug-likeness (QED) is 0.606. The van der Waals surface area contributed by atoms with Crippen molar-refractivity contribution in [2.45, 2.75) is 26.7 Å². The van der Waals surface area contributed by atoms with E-state index in [9.17, 15) is 9.59 Å². The van der Waals surface area contributed by atoms with Crippen LogP contribution in [0, 0.1) is 13.8 Å². The molecular weight excluding hydrogens is 410 g/mol. The Kier molecular flexibility index (Phi) is 5.75. The third-order valence-electron chi connectivity index (χ3n) is 4.09. The number of hydrogen-bond acceptors (Lipinski definition) is 5. The highest BCUT2D eigenvalue weighted by molar-refractivity contribution is 9.10. The molecule has 0 aliphatic rings. The first kappa shape index (κ1) is 18.9. The average Bonchev–Trinajstić information content (AvgIpc) is 3.07. The molecule has 0 spiro atoms. The molecule has 1 amide bonds. The van der Waals surface area contributed by atoms with Gasteiger partial charge in [0.1, 0.15) is 0 Å². The fraction of sp³-hybridized carbons (Fsp3) is 0.211. The van der Waals surface area contributed by atoms with Crippen molar-refractivity contribution in [3.63, 3.8) is 0 Å². The maximum atomic E-state index is 12.2. The Morgan fingerprint density at radius 2 is 1.81 bits per heavy atom. The molecule has 0 unspecified atom stereocenters. The predicted octanol–water partition coefficient (Wildman–Crippen LogP) is 3.64. The van der Waals surface area contributed by atoms with Gasteiger partial charge in [0.15, 0.2) is 11.6 Å². The first-order valence-corrected chi connectivity index (χ1v) is 9.18. The first-order valence-electron chi connectivity index (χ1n) is 8.38. The molecule has 0 saturated heterocycles. The monoisotopic (exact) mass is 427 g/mol. The van der Waals surface area contributed by atoms with Crippen molar-refractivity contribution >= 4 is 33.3 Å². The minimum absolute atomic E-state index is 0.0634. The molecular formula is C19H18BrN5O2. The molecule has 138 valence electrons. The van der Waals surface area contributed by atoms with Gasteiger partial charge in [-0.2, -0.15) is 4.68 Å².